The van der Waals surface area contributed by atoms with Gasteiger partial charge >= 0.3 is 0 Å². The average molecular weight is 436 g/mol. The standard InChI is InChI=1S/C24H29N5O3/c1-28-13-15-29(16-14-28)21-6-4-3-5-19(21)17-25-22(30)11-12-23-26-24(27-32-23)18-7-9-20(31-2)10-8-18/h3-10H,11-17H2,1-2H3,(H,25,30). The fraction of sp³-hybridized carbons (Fsp3) is 0.375. The topological polar surface area (TPSA) is 83.7 Å². The number of nitrogens with zero attached hydrogens (tertiary/aromatic N) is 4. The highest BCUT2D eigenvalue weighted by atomic mass is 16.5. The number of hydrogen-bond donors (Lipinski definition) is 1. The molecular weight excluding hydrogens is 406 g/mol. The van der Waals surface area contributed by atoms with E-state index in [-0.39, 0.29) is 5.91 Å². The van der Waals surface area contributed by atoms with Gasteiger partial charge in [0.2, 0.25) is 17.6 Å². The van der Waals surface area contributed by atoms with Gasteiger partial charge in [0.15, 0.2) is 0 Å². The molecule has 8 heteroatoms. The highest BCUT2D eigenvalue weighted by Crippen LogP contribution is 2.22. The molecule has 1 saturated heterocycles. The van der Waals surface area contributed by atoms with E-state index in [1.807, 2.05) is 30.3 Å². The van der Waals surface area contributed by atoms with E-state index in [1.165, 1.54) is 5.69 Å². The van der Waals surface area contributed by atoms with Crippen molar-refractivity contribution in [2.75, 3.05) is 45.2 Å². The Bertz CT molecular complexity index is 1030. The largest absolute Gasteiger partial charge is 0.497 e. The average Bonchev–Trinajstić information content (AvgIpc) is 3.31. The van der Waals surface area contributed by atoms with Crippen LogP contribution in [0.1, 0.15) is 17.9 Å². The Morgan fingerprint density at radius 2 is 1.84 bits per heavy atom. The van der Waals surface area contributed by atoms with E-state index >= 15 is 0 Å². The Kier molecular flexibility index (Phi) is 7.01. The normalized spacial score (nSPS) is 14.4. The summed E-state index contributed by atoms with van der Waals surface area (Å²) in [5, 5.41) is 7.04. The zero-order chi connectivity index (χ0) is 22.3. The zero-order valence-electron chi connectivity index (χ0n) is 18.6. The van der Waals surface area contributed by atoms with Gasteiger partial charge < -0.3 is 24.4 Å². The Morgan fingerprint density at radius 1 is 1.09 bits per heavy atom. The second-order valence-corrected chi connectivity index (χ2v) is 7.94. The van der Waals surface area contributed by atoms with Gasteiger partial charge in [-0.1, -0.05) is 23.4 Å². The summed E-state index contributed by atoms with van der Waals surface area (Å²) in [6.45, 7) is 4.58. The maximum atomic E-state index is 12.4. The van der Waals surface area contributed by atoms with Crippen molar-refractivity contribution in [3.8, 4) is 17.1 Å². The van der Waals surface area contributed by atoms with Crippen molar-refractivity contribution in [1.29, 1.82) is 0 Å². The molecule has 3 aromatic rings. The summed E-state index contributed by atoms with van der Waals surface area (Å²) in [5.74, 6) is 1.68. The number of aryl methyl sites for hydroxylation is 1. The summed E-state index contributed by atoms with van der Waals surface area (Å²) < 4.78 is 10.5. The fourth-order valence-corrected chi connectivity index (χ4v) is 3.73. The Morgan fingerprint density at radius 3 is 2.59 bits per heavy atom. The quantitative estimate of drug-likeness (QED) is 0.582. The molecule has 0 aliphatic carbocycles. The number of rotatable bonds is 8. The lowest BCUT2D eigenvalue weighted by molar-refractivity contribution is -0.121. The lowest BCUT2D eigenvalue weighted by atomic mass is 10.1. The highest BCUT2D eigenvalue weighted by molar-refractivity contribution is 5.76. The maximum Gasteiger partial charge on any atom is 0.227 e. The van der Waals surface area contributed by atoms with Gasteiger partial charge in [-0.05, 0) is 42.9 Å². The molecule has 4 rings (SSSR count). The minimum atomic E-state index is -0.0395. The van der Waals surface area contributed by atoms with Gasteiger partial charge in [-0.15, -0.1) is 0 Å². The van der Waals surface area contributed by atoms with Crippen molar-refractivity contribution in [2.24, 2.45) is 0 Å². The number of likely N-dealkylation sites (N-methyl/N-ethyl adjacent to an activating group) is 1. The number of anilines is 1. The smallest absolute Gasteiger partial charge is 0.227 e. The molecule has 0 radical (unpaired) electrons. The molecule has 0 spiro atoms. The first kappa shape index (κ1) is 21.8. The van der Waals surface area contributed by atoms with Crippen LogP contribution in [0.5, 0.6) is 5.75 Å². The first-order chi connectivity index (χ1) is 15.6. The van der Waals surface area contributed by atoms with Crippen molar-refractivity contribution in [2.45, 2.75) is 19.4 Å². The molecule has 8 nitrogen and oxygen atoms in total. The molecule has 1 aliphatic rings. The number of hydrogen-bond acceptors (Lipinski definition) is 7. The molecule has 0 bridgehead atoms. The molecule has 1 aromatic heterocycles. The van der Waals surface area contributed by atoms with Crippen LogP contribution in [-0.2, 0) is 17.8 Å². The molecule has 1 fully saturated rings. The van der Waals surface area contributed by atoms with Gasteiger partial charge in [-0.3, -0.25) is 4.79 Å². The van der Waals surface area contributed by atoms with E-state index in [9.17, 15) is 4.79 Å². The van der Waals surface area contributed by atoms with E-state index in [0.29, 0.717) is 31.1 Å². The van der Waals surface area contributed by atoms with Crippen molar-refractivity contribution in [3.05, 3.63) is 60.0 Å². The summed E-state index contributed by atoms with van der Waals surface area (Å²) in [6, 6.07) is 15.7. The fourth-order valence-electron chi connectivity index (χ4n) is 3.73. The van der Waals surface area contributed by atoms with Crippen LogP contribution in [0.4, 0.5) is 5.69 Å². The molecule has 1 aliphatic heterocycles. The minimum Gasteiger partial charge on any atom is -0.497 e. The van der Waals surface area contributed by atoms with E-state index in [2.05, 4.69) is 50.5 Å². The summed E-state index contributed by atoms with van der Waals surface area (Å²) in [7, 11) is 3.77. The van der Waals surface area contributed by atoms with E-state index < -0.39 is 0 Å². The Balaban J connectivity index is 1.28. The lowest BCUT2D eigenvalue weighted by Crippen LogP contribution is -2.45. The summed E-state index contributed by atoms with van der Waals surface area (Å²) in [4.78, 5) is 21.6. The number of nitrogens with one attached hydrogen (secondary N) is 1. The molecule has 2 heterocycles. The second-order valence-electron chi connectivity index (χ2n) is 7.94. The van der Waals surface area contributed by atoms with Crippen LogP contribution >= 0.6 is 0 Å². The Labute approximate surface area is 188 Å². The summed E-state index contributed by atoms with van der Waals surface area (Å²) in [5.41, 5.74) is 3.16. The predicted molar refractivity (Wildman–Crippen MR) is 123 cm³/mol. The third-order valence-corrected chi connectivity index (χ3v) is 5.69. The first-order valence-electron chi connectivity index (χ1n) is 10.9. The lowest BCUT2D eigenvalue weighted by Gasteiger charge is -2.35. The number of piperazine rings is 1. The molecule has 168 valence electrons. The van der Waals surface area contributed by atoms with Crippen LogP contribution in [0.2, 0.25) is 0 Å². The molecular formula is C24H29N5O3. The van der Waals surface area contributed by atoms with Gasteiger partial charge in [-0.2, -0.15) is 4.98 Å². The maximum absolute atomic E-state index is 12.4. The first-order valence-corrected chi connectivity index (χ1v) is 10.9. The van der Waals surface area contributed by atoms with Crippen molar-refractivity contribution in [1.82, 2.24) is 20.4 Å². The van der Waals surface area contributed by atoms with Crippen molar-refractivity contribution < 1.29 is 14.1 Å². The number of methoxy groups -OCH3 is 1. The number of carbonyl (C=O) groups is 1. The van der Waals surface area contributed by atoms with Crippen molar-refractivity contribution in [3.63, 3.8) is 0 Å². The molecule has 0 saturated carbocycles. The van der Waals surface area contributed by atoms with Crippen LogP contribution in [0.25, 0.3) is 11.4 Å². The van der Waals surface area contributed by atoms with Crippen molar-refractivity contribution >= 4 is 11.6 Å². The van der Waals surface area contributed by atoms with Gasteiger partial charge in [0.1, 0.15) is 5.75 Å². The number of para-hydroxylation sites is 1. The third-order valence-electron chi connectivity index (χ3n) is 5.69. The van der Waals surface area contributed by atoms with E-state index in [1.54, 1.807) is 7.11 Å². The molecule has 1 N–H and O–H groups in total. The molecule has 0 atom stereocenters. The molecule has 1 amide bonds. The Hall–Kier alpha value is -3.39. The van der Waals surface area contributed by atoms with Crippen LogP contribution in [0, 0.1) is 0 Å². The minimum absolute atomic E-state index is 0.0395. The summed E-state index contributed by atoms with van der Waals surface area (Å²) in [6.07, 6.45) is 0.690. The van der Waals surface area contributed by atoms with Gasteiger partial charge in [0.25, 0.3) is 0 Å². The number of benzene rings is 2. The van der Waals surface area contributed by atoms with Gasteiger partial charge in [0.05, 0.1) is 7.11 Å². The number of carbonyl (C=O) groups excluding carboxylic acids is 1. The van der Waals surface area contributed by atoms with Crippen LogP contribution in [-0.4, -0.2) is 61.3 Å². The predicted octanol–water partition coefficient (Wildman–Crippen LogP) is 2.75. The van der Waals surface area contributed by atoms with Gasteiger partial charge in [-0.25, -0.2) is 0 Å². The number of aromatic nitrogens is 2. The monoisotopic (exact) mass is 435 g/mol. The second kappa shape index (κ2) is 10.3. The van der Waals surface area contributed by atoms with Crippen LogP contribution in [0.15, 0.2) is 53.1 Å². The van der Waals surface area contributed by atoms with E-state index in [4.69, 9.17) is 9.26 Å². The summed E-state index contributed by atoms with van der Waals surface area (Å²) >= 11 is 0. The number of amides is 1. The molecule has 2 aromatic carbocycles. The SMILES string of the molecule is COc1ccc(-c2noc(CCC(=O)NCc3ccccc3N3CCN(C)CC3)n2)cc1. The van der Waals surface area contributed by atoms with Crippen LogP contribution in [0.3, 0.4) is 0 Å². The number of ether oxygens (including phenoxy) is 1. The highest BCUT2D eigenvalue weighted by Gasteiger charge is 2.17. The van der Waals surface area contributed by atoms with Crippen LogP contribution < -0.4 is 15.0 Å². The molecule has 0 unspecified atom stereocenters. The molecule has 32 heavy (non-hydrogen) atoms. The van der Waals surface area contributed by atoms with Gasteiger partial charge in [0, 0.05) is 56.8 Å². The third kappa shape index (κ3) is 5.45. The van der Waals surface area contributed by atoms with E-state index in [0.717, 1.165) is 43.1 Å². The zero-order valence-corrected chi connectivity index (χ0v) is 18.6.